The van der Waals surface area contributed by atoms with Crippen LogP contribution >= 0.6 is 0 Å². The van der Waals surface area contributed by atoms with Crippen molar-refractivity contribution in [2.24, 2.45) is 0 Å². The van der Waals surface area contributed by atoms with E-state index in [2.05, 4.69) is 30.5 Å². The second kappa shape index (κ2) is 5.00. The Morgan fingerprint density at radius 3 is 2.41 bits per heavy atom. The molecule has 0 aliphatic heterocycles. The Bertz CT molecular complexity index is 497. The van der Waals surface area contributed by atoms with E-state index in [-0.39, 0.29) is 0 Å². The van der Waals surface area contributed by atoms with Crippen molar-refractivity contribution < 1.29 is 4.79 Å². The van der Waals surface area contributed by atoms with Crippen molar-refractivity contribution in [3.05, 3.63) is 59.4 Å². The first-order valence-electron chi connectivity index (χ1n) is 5.91. The van der Waals surface area contributed by atoms with Gasteiger partial charge in [-0.05, 0) is 31.5 Å². The molecule has 1 aromatic heterocycles. The molecule has 0 saturated carbocycles. The van der Waals surface area contributed by atoms with Gasteiger partial charge in [0, 0.05) is 18.2 Å². The Hall–Kier alpha value is -1.83. The highest BCUT2D eigenvalue weighted by Gasteiger charge is 2.10. The summed E-state index contributed by atoms with van der Waals surface area (Å²) >= 11 is 0. The number of hydrogen-bond donors (Lipinski definition) is 0. The van der Waals surface area contributed by atoms with Crippen LogP contribution in [-0.4, -0.2) is 10.9 Å². The third-order valence-corrected chi connectivity index (χ3v) is 2.90. The Labute approximate surface area is 102 Å². The number of carbonyl (C=O) groups is 1. The molecule has 0 aliphatic rings. The minimum absolute atomic E-state index is 0.309. The predicted octanol–water partition coefficient (Wildman–Crippen LogP) is 3.47. The minimum atomic E-state index is 0.309. The average molecular weight is 227 g/mol. The molecule has 0 fully saturated rings. The smallest absolute Gasteiger partial charge is 0.166 e. The molecule has 2 rings (SSSR count). The van der Waals surface area contributed by atoms with E-state index in [4.69, 9.17) is 0 Å². The largest absolute Gasteiger partial charge is 0.340 e. The van der Waals surface area contributed by atoms with Crippen molar-refractivity contribution >= 4 is 6.29 Å². The first-order valence-corrected chi connectivity index (χ1v) is 5.91. The summed E-state index contributed by atoms with van der Waals surface area (Å²) in [6, 6.07) is 14.6. The van der Waals surface area contributed by atoms with E-state index in [0.717, 1.165) is 18.4 Å². The molecular formula is C15H17NO. The highest BCUT2D eigenvalue weighted by atomic mass is 16.1. The topological polar surface area (TPSA) is 22.0 Å². The normalized spacial score (nSPS) is 10.8. The van der Waals surface area contributed by atoms with Crippen molar-refractivity contribution in [1.82, 2.24) is 4.57 Å². The van der Waals surface area contributed by atoms with Crippen LogP contribution in [0.25, 0.3) is 0 Å². The van der Waals surface area contributed by atoms with E-state index >= 15 is 0 Å². The lowest BCUT2D eigenvalue weighted by Gasteiger charge is -2.15. The molecule has 2 heteroatoms. The van der Waals surface area contributed by atoms with Crippen molar-refractivity contribution in [3.8, 4) is 0 Å². The number of aromatic nitrogens is 1. The summed E-state index contributed by atoms with van der Waals surface area (Å²) in [5.74, 6) is 0. The molecule has 0 N–H and O–H groups in total. The van der Waals surface area contributed by atoms with Gasteiger partial charge in [0.25, 0.3) is 0 Å². The van der Waals surface area contributed by atoms with Crippen molar-refractivity contribution in [2.75, 3.05) is 0 Å². The molecule has 0 unspecified atom stereocenters. The number of hydrogen-bond acceptors (Lipinski definition) is 1. The predicted molar refractivity (Wildman–Crippen MR) is 69.5 cm³/mol. The molecule has 0 radical (unpaired) electrons. The molecule has 0 amide bonds. The molecule has 17 heavy (non-hydrogen) atoms. The molecule has 2 nitrogen and oxygen atoms in total. The first kappa shape index (κ1) is 11.6. The fourth-order valence-corrected chi connectivity index (χ4v) is 2.18. The van der Waals surface area contributed by atoms with Crippen molar-refractivity contribution in [1.29, 1.82) is 0 Å². The van der Waals surface area contributed by atoms with E-state index in [9.17, 15) is 4.79 Å². The van der Waals surface area contributed by atoms with E-state index < -0.39 is 0 Å². The summed E-state index contributed by atoms with van der Waals surface area (Å²) in [5, 5.41) is 0. The zero-order valence-corrected chi connectivity index (χ0v) is 10.3. The Balaban J connectivity index is 2.33. The highest BCUT2D eigenvalue weighted by Crippen LogP contribution is 2.18. The van der Waals surface area contributed by atoms with E-state index in [0.29, 0.717) is 6.04 Å². The zero-order chi connectivity index (χ0) is 12.3. The van der Waals surface area contributed by atoms with Gasteiger partial charge >= 0.3 is 0 Å². The van der Waals surface area contributed by atoms with Gasteiger partial charge in [0.15, 0.2) is 6.29 Å². The third-order valence-electron chi connectivity index (χ3n) is 2.90. The lowest BCUT2D eigenvalue weighted by Crippen LogP contribution is -2.09. The van der Waals surface area contributed by atoms with Crippen LogP contribution in [-0.2, 0) is 6.42 Å². The summed E-state index contributed by atoms with van der Waals surface area (Å²) in [6.45, 7) is 4.20. The first-order chi connectivity index (χ1) is 8.22. The zero-order valence-electron chi connectivity index (χ0n) is 10.3. The van der Waals surface area contributed by atoms with Crippen LogP contribution in [0.3, 0.4) is 0 Å². The SMILES string of the molecule is CC(C)n1c(C=O)ccc1Cc1ccccc1. The van der Waals surface area contributed by atoms with Gasteiger partial charge in [0.2, 0.25) is 0 Å². The molecule has 0 spiro atoms. The van der Waals surface area contributed by atoms with Gasteiger partial charge < -0.3 is 4.57 Å². The molecule has 1 heterocycles. The number of aldehydes is 1. The number of rotatable bonds is 4. The lowest BCUT2D eigenvalue weighted by molar-refractivity contribution is 0.111. The van der Waals surface area contributed by atoms with Crippen LogP contribution < -0.4 is 0 Å². The highest BCUT2D eigenvalue weighted by molar-refractivity contribution is 5.73. The van der Waals surface area contributed by atoms with Crippen molar-refractivity contribution in [2.45, 2.75) is 26.3 Å². The van der Waals surface area contributed by atoms with Crippen LogP contribution in [0.1, 0.15) is 41.6 Å². The summed E-state index contributed by atoms with van der Waals surface area (Å²) < 4.78 is 2.10. The Morgan fingerprint density at radius 1 is 1.12 bits per heavy atom. The summed E-state index contributed by atoms with van der Waals surface area (Å²) in [4.78, 5) is 11.0. The molecule has 88 valence electrons. The van der Waals surface area contributed by atoms with E-state index in [1.807, 2.05) is 30.3 Å². The Morgan fingerprint density at radius 2 is 1.82 bits per heavy atom. The minimum Gasteiger partial charge on any atom is -0.340 e. The second-order valence-corrected chi connectivity index (χ2v) is 4.49. The molecule has 0 atom stereocenters. The lowest BCUT2D eigenvalue weighted by atomic mass is 10.1. The molecule has 0 bridgehead atoms. The summed E-state index contributed by atoms with van der Waals surface area (Å²) in [6.07, 6.45) is 1.79. The standard InChI is InChI=1S/C15H17NO/c1-12(2)16-14(8-9-15(16)11-17)10-13-6-4-3-5-7-13/h3-9,11-12H,10H2,1-2H3. The number of benzene rings is 1. The third kappa shape index (κ3) is 2.47. The summed E-state index contributed by atoms with van der Waals surface area (Å²) in [5.41, 5.74) is 3.21. The van der Waals surface area contributed by atoms with Crippen molar-refractivity contribution in [3.63, 3.8) is 0 Å². The molecule has 2 aromatic rings. The van der Waals surface area contributed by atoms with Crippen LogP contribution in [0, 0.1) is 0 Å². The van der Waals surface area contributed by atoms with Gasteiger partial charge in [-0.25, -0.2) is 0 Å². The van der Waals surface area contributed by atoms with Gasteiger partial charge in [0.1, 0.15) is 0 Å². The van der Waals surface area contributed by atoms with Gasteiger partial charge in [-0.15, -0.1) is 0 Å². The number of nitrogens with zero attached hydrogens (tertiary/aromatic N) is 1. The molecule has 0 aliphatic carbocycles. The summed E-state index contributed by atoms with van der Waals surface area (Å²) in [7, 11) is 0. The van der Waals surface area contributed by atoms with Gasteiger partial charge in [-0.1, -0.05) is 30.3 Å². The van der Waals surface area contributed by atoms with Crippen LogP contribution in [0.4, 0.5) is 0 Å². The maximum atomic E-state index is 11.0. The molecular weight excluding hydrogens is 210 g/mol. The van der Waals surface area contributed by atoms with Crippen LogP contribution in [0.15, 0.2) is 42.5 Å². The fraction of sp³-hybridized carbons (Fsp3) is 0.267. The van der Waals surface area contributed by atoms with E-state index in [1.54, 1.807) is 0 Å². The average Bonchev–Trinajstić information content (AvgIpc) is 2.73. The maximum absolute atomic E-state index is 11.0. The van der Waals surface area contributed by atoms with Crippen LogP contribution in [0.2, 0.25) is 0 Å². The van der Waals surface area contributed by atoms with E-state index in [1.165, 1.54) is 11.3 Å². The van der Waals surface area contributed by atoms with Gasteiger partial charge in [-0.3, -0.25) is 4.79 Å². The molecule has 0 saturated heterocycles. The maximum Gasteiger partial charge on any atom is 0.166 e. The van der Waals surface area contributed by atoms with Gasteiger partial charge in [0.05, 0.1) is 5.69 Å². The fourth-order valence-electron chi connectivity index (χ4n) is 2.18. The second-order valence-electron chi connectivity index (χ2n) is 4.49. The molecule has 1 aromatic carbocycles. The quantitative estimate of drug-likeness (QED) is 0.733. The van der Waals surface area contributed by atoms with Crippen LogP contribution in [0.5, 0.6) is 0 Å². The number of carbonyl (C=O) groups excluding carboxylic acids is 1. The van der Waals surface area contributed by atoms with Gasteiger partial charge in [-0.2, -0.15) is 0 Å². The Kier molecular flexibility index (Phi) is 3.43. The monoisotopic (exact) mass is 227 g/mol.